The minimum absolute atomic E-state index is 0.625. The van der Waals surface area contributed by atoms with Crippen molar-refractivity contribution in [3.8, 4) is 0 Å². The highest BCUT2D eigenvalue weighted by molar-refractivity contribution is 4.94. The smallest absolute Gasteiger partial charge is 0.0525 e. The molecule has 0 amide bonds. The molecule has 2 unspecified atom stereocenters. The summed E-state index contributed by atoms with van der Waals surface area (Å²) >= 11 is 0. The number of rotatable bonds is 1. The first-order valence-electron chi connectivity index (χ1n) is 4.45. The van der Waals surface area contributed by atoms with E-state index < -0.39 is 0 Å². The maximum absolute atomic E-state index is 5.51. The normalized spacial score (nSPS) is 45.9. The van der Waals surface area contributed by atoms with E-state index in [0.29, 0.717) is 5.41 Å². The van der Waals surface area contributed by atoms with Gasteiger partial charge in [-0.25, -0.2) is 0 Å². The highest BCUT2D eigenvalue weighted by Crippen LogP contribution is 2.49. The zero-order chi connectivity index (χ0) is 7.03. The number of hydrogen-bond acceptors (Lipinski definition) is 1. The maximum atomic E-state index is 5.51. The molecule has 0 aromatic heterocycles. The minimum atomic E-state index is 0.625. The zero-order valence-corrected chi connectivity index (χ0v) is 6.73. The van der Waals surface area contributed by atoms with E-state index in [1.165, 1.54) is 25.7 Å². The maximum Gasteiger partial charge on any atom is 0.0525 e. The summed E-state index contributed by atoms with van der Waals surface area (Å²) < 4.78 is 5.51. The van der Waals surface area contributed by atoms with Gasteiger partial charge in [0.2, 0.25) is 0 Å². The summed E-state index contributed by atoms with van der Waals surface area (Å²) in [6.07, 6.45) is 5.63. The molecule has 58 valence electrons. The summed E-state index contributed by atoms with van der Waals surface area (Å²) in [4.78, 5) is 0. The lowest BCUT2D eigenvalue weighted by Gasteiger charge is -2.24. The molecule has 0 radical (unpaired) electrons. The fraction of sp³-hybridized carbons (Fsp3) is 1.00. The summed E-state index contributed by atoms with van der Waals surface area (Å²) in [6, 6.07) is 0. The van der Waals surface area contributed by atoms with Gasteiger partial charge in [-0.2, -0.15) is 0 Å². The molecular formula is C9H16O. The van der Waals surface area contributed by atoms with Crippen LogP contribution in [-0.2, 0) is 4.74 Å². The van der Waals surface area contributed by atoms with E-state index in [0.717, 1.165) is 19.1 Å². The second kappa shape index (κ2) is 2.23. The predicted octanol–water partition coefficient (Wildman–Crippen LogP) is 2.21. The Labute approximate surface area is 62.8 Å². The Bertz CT molecular complexity index is 121. The average Bonchev–Trinajstić information content (AvgIpc) is 2.42. The molecule has 0 bridgehead atoms. The molecule has 1 nitrogen and oxygen atoms in total. The van der Waals surface area contributed by atoms with Crippen LogP contribution in [0.15, 0.2) is 0 Å². The van der Waals surface area contributed by atoms with E-state index in [9.17, 15) is 0 Å². The Hall–Kier alpha value is -0.0400. The van der Waals surface area contributed by atoms with Gasteiger partial charge in [-0.15, -0.1) is 0 Å². The monoisotopic (exact) mass is 140 g/mol. The Morgan fingerprint density at radius 3 is 3.20 bits per heavy atom. The Balaban J connectivity index is 2.15. The van der Waals surface area contributed by atoms with Crippen molar-refractivity contribution >= 4 is 0 Å². The van der Waals surface area contributed by atoms with Crippen molar-refractivity contribution in [2.45, 2.75) is 32.6 Å². The van der Waals surface area contributed by atoms with E-state index in [1.54, 1.807) is 0 Å². The van der Waals surface area contributed by atoms with Crippen LogP contribution in [0.1, 0.15) is 32.6 Å². The summed E-state index contributed by atoms with van der Waals surface area (Å²) in [5.74, 6) is 0.914. The van der Waals surface area contributed by atoms with Crippen molar-refractivity contribution in [3.05, 3.63) is 0 Å². The van der Waals surface area contributed by atoms with Crippen LogP contribution in [0.25, 0.3) is 0 Å². The summed E-state index contributed by atoms with van der Waals surface area (Å²) in [7, 11) is 0. The largest absolute Gasteiger partial charge is 0.381 e. The summed E-state index contributed by atoms with van der Waals surface area (Å²) in [6.45, 7) is 4.41. The van der Waals surface area contributed by atoms with Crippen LogP contribution in [-0.4, -0.2) is 13.2 Å². The van der Waals surface area contributed by atoms with Crippen molar-refractivity contribution in [1.82, 2.24) is 0 Å². The second-order valence-corrected chi connectivity index (χ2v) is 3.82. The van der Waals surface area contributed by atoms with Gasteiger partial charge in [0.15, 0.2) is 0 Å². The van der Waals surface area contributed by atoms with E-state index in [-0.39, 0.29) is 0 Å². The molecule has 1 saturated carbocycles. The summed E-state index contributed by atoms with van der Waals surface area (Å²) in [5, 5.41) is 0. The molecule has 2 fully saturated rings. The van der Waals surface area contributed by atoms with Gasteiger partial charge in [-0.05, 0) is 30.6 Å². The van der Waals surface area contributed by atoms with Crippen molar-refractivity contribution < 1.29 is 4.74 Å². The van der Waals surface area contributed by atoms with Crippen LogP contribution in [0, 0.1) is 11.3 Å². The van der Waals surface area contributed by atoms with Crippen LogP contribution >= 0.6 is 0 Å². The minimum Gasteiger partial charge on any atom is -0.381 e. The number of fused-ring (bicyclic) bond motifs is 1. The Morgan fingerprint density at radius 2 is 2.50 bits per heavy atom. The predicted molar refractivity (Wildman–Crippen MR) is 40.9 cm³/mol. The van der Waals surface area contributed by atoms with Crippen LogP contribution in [0.4, 0.5) is 0 Å². The molecule has 1 heterocycles. The van der Waals surface area contributed by atoms with Crippen LogP contribution in [0.2, 0.25) is 0 Å². The highest BCUT2D eigenvalue weighted by atomic mass is 16.5. The number of hydrogen-bond donors (Lipinski definition) is 0. The molecule has 0 aromatic carbocycles. The average molecular weight is 140 g/mol. The molecule has 1 aliphatic heterocycles. The molecule has 0 spiro atoms. The van der Waals surface area contributed by atoms with Gasteiger partial charge >= 0.3 is 0 Å². The van der Waals surface area contributed by atoms with Crippen LogP contribution < -0.4 is 0 Å². The van der Waals surface area contributed by atoms with Crippen molar-refractivity contribution in [2.24, 2.45) is 11.3 Å². The van der Waals surface area contributed by atoms with Gasteiger partial charge in [0.1, 0.15) is 0 Å². The van der Waals surface area contributed by atoms with E-state index in [2.05, 4.69) is 6.92 Å². The van der Waals surface area contributed by atoms with Gasteiger partial charge < -0.3 is 4.74 Å². The third-order valence-electron chi connectivity index (χ3n) is 3.51. The third kappa shape index (κ3) is 0.731. The van der Waals surface area contributed by atoms with Crippen molar-refractivity contribution in [3.63, 3.8) is 0 Å². The zero-order valence-electron chi connectivity index (χ0n) is 6.73. The van der Waals surface area contributed by atoms with Gasteiger partial charge in [-0.1, -0.05) is 13.3 Å². The topological polar surface area (TPSA) is 9.23 Å². The van der Waals surface area contributed by atoms with Crippen LogP contribution in [0.5, 0.6) is 0 Å². The molecule has 2 atom stereocenters. The van der Waals surface area contributed by atoms with Gasteiger partial charge in [-0.3, -0.25) is 0 Å². The van der Waals surface area contributed by atoms with Crippen molar-refractivity contribution in [1.29, 1.82) is 0 Å². The molecule has 1 heteroatoms. The molecular weight excluding hydrogens is 124 g/mol. The van der Waals surface area contributed by atoms with Crippen LogP contribution in [0.3, 0.4) is 0 Å². The van der Waals surface area contributed by atoms with Gasteiger partial charge in [0.25, 0.3) is 0 Å². The van der Waals surface area contributed by atoms with Gasteiger partial charge in [0.05, 0.1) is 13.2 Å². The molecule has 2 aliphatic rings. The SMILES string of the molecule is CCC12CCCC1COC2. The Morgan fingerprint density at radius 1 is 1.60 bits per heavy atom. The standard InChI is InChI=1S/C9H16O/c1-2-9-5-3-4-8(9)6-10-7-9/h8H,2-7H2,1H3. The molecule has 0 N–H and O–H groups in total. The Kier molecular flexibility index (Phi) is 1.48. The third-order valence-corrected chi connectivity index (χ3v) is 3.51. The molecule has 1 saturated heterocycles. The van der Waals surface area contributed by atoms with E-state index in [4.69, 9.17) is 4.74 Å². The van der Waals surface area contributed by atoms with E-state index >= 15 is 0 Å². The fourth-order valence-corrected chi connectivity index (χ4v) is 2.63. The lowest BCUT2D eigenvalue weighted by Crippen LogP contribution is -2.22. The highest BCUT2D eigenvalue weighted by Gasteiger charge is 2.45. The van der Waals surface area contributed by atoms with Crippen molar-refractivity contribution in [2.75, 3.05) is 13.2 Å². The molecule has 1 aliphatic carbocycles. The first-order chi connectivity index (χ1) is 4.87. The quantitative estimate of drug-likeness (QED) is 0.542. The molecule has 10 heavy (non-hydrogen) atoms. The van der Waals surface area contributed by atoms with Gasteiger partial charge in [0, 0.05) is 0 Å². The van der Waals surface area contributed by atoms with E-state index in [1.807, 2.05) is 0 Å². The number of ether oxygens (including phenoxy) is 1. The second-order valence-electron chi connectivity index (χ2n) is 3.82. The molecule has 2 rings (SSSR count). The summed E-state index contributed by atoms with van der Waals surface area (Å²) in [5.41, 5.74) is 0.625. The first-order valence-corrected chi connectivity index (χ1v) is 4.45. The lowest BCUT2D eigenvalue weighted by atomic mass is 9.79. The lowest BCUT2D eigenvalue weighted by molar-refractivity contribution is 0.145. The molecule has 0 aromatic rings. The first kappa shape index (κ1) is 6.66. The fourth-order valence-electron chi connectivity index (χ4n) is 2.63.